The van der Waals surface area contributed by atoms with Gasteiger partial charge in [0, 0.05) is 31.2 Å². The van der Waals surface area contributed by atoms with E-state index in [-0.39, 0.29) is 43.4 Å². The summed E-state index contributed by atoms with van der Waals surface area (Å²) in [7, 11) is 1.51. The summed E-state index contributed by atoms with van der Waals surface area (Å²) < 4.78 is 23.0. The number of amides is 2. The third kappa shape index (κ3) is 9.10. The lowest BCUT2D eigenvalue weighted by atomic mass is 9.93. The van der Waals surface area contributed by atoms with Gasteiger partial charge in [-0.1, -0.05) is 81.8 Å². The van der Waals surface area contributed by atoms with Gasteiger partial charge in [-0.25, -0.2) is 4.79 Å². The van der Waals surface area contributed by atoms with Gasteiger partial charge in [0.05, 0.1) is 24.2 Å². The number of epoxide rings is 1. The van der Waals surface area contributed by atoms with Crippen LogP contribution in [0.5, 0.6) is 5.75 Å². The highest BCUT2D eigenvalue weighted by Crippen LogP contribution is 2.45. The second kappa shape index (κ2) is 16.1. The maximum Gasteiger partial charge on any atom is 0.348 e. The number of esters is 2. The van der Waals surface area contributed by atoms with E-state index in [4.69, 9.17) is 30.5 Å². The summed E-state index contributed by atoms with van der Waals surface area (Å²) in [5.41, 5.74) is 1.73. The van der Waals surface area contributed by atoms with Crippen molar-refractivity contribution in [3.63, 3.8) is 0 Å². The third-order valence-corrected chi connectivity index (χ3v) is 8.87. The topological polar surface area (TPSA) is 133 Å². The van der Waals surface area contributed by atoms with Crippen LogP contribution in [0, 0.1) is 17.8 Å². The number of carbonyl (C=O) groups is 4. The number of carbonyl (C=O) groups excluding carboxylic acids is 4. The van der Waals surface area contributed by atoms with E-state index in [2.05, 4.69) is 10.6 Å². The average molecular weight is 655 g/mol. The van der Waals surface area contributed by atoms with E-state index in [9.17, 15) is 19.2 Å². The molecule has 10 nitrogen and oxygen atoms in total. The Morgan fingerprint density at radius 3 is 2.43 bits per heavy atom. The van der Waals surface area contributed by atoms with Crippen LogP contribution >= 0.6 is 11.6 Å². The van der Waals surface area contributed by atoms with Crippen molar-refractivity contribution in [2.24, 2.45) is 17.8 Å². The molecular formula is C35H43ClN2O8. The van der Waals surface area contributed by atoms with Crippen molar-refractivity contribution in [2.75, 3.05) is 13.7 Å². The molecule has 0 aromatic heterocycles. The van der Waals surface area contributed by atoms with E-state index in [0.29, 0.717) is 22.8 Å². The minimum atomic E-state index is -1.14. The van der Waals surface area contributed by atoms with Crippen LogP contribution in [0.4, 0.5) is 0 Å². The molecule has 2 aliphatic heterocycles. The fourth-order valence-electron chi connectivity index (χ4n) is 5.36. The first-order chi connectivity index (χ1) is 22.0. The highest BCUT2D eigenvalue weighted by molar-refractivity contribution is 6.32. The van der Waals surface area contributed by atoms with Gasteiger partial charge in [-0.05, 0) is 35.8 Å². The number of halogens is 1. The van der Waals surface area contributed by atoms with Crippen molar-refractivity contribution in [3.05, 3.63) is 76.8 Å². The Kier molecular flexibility index (Phi) is 12.2. The Balaban J connectivity index is 1.59. The van der Waals surface area contributed by atoms with Gasteiger partial charge in [0.2, 0.25) is 17.9 Å². The molecule has 3 unspecified atom stereocenters. The minimum Gasteiger partial charge on any atom is -0.495 e. The molecule has 8 atom stereocenters. The van der Waals surface area contributed by atoms with E-state index < -0.39 is 47.9 Å². The number of ether oxygens (including phenoxy) is 4. The maximum atomic E-state index is 13.5. The summed E-state index contributed by atoms with van der Waals surface area (Å²) in [5.74, 6) is -3.13. The number of cyclic esters (lactones) is 2. The molecule has 2 aliphatic rings. The highest BCUT2D eigenvalue weighted by Gasteiger charge is 2.48. The lowest BCUT2D eigenvalue weighted by molar-refractivity contribution is -0.179. The standard InChI is InChI=1S/C35H43ClN2O8/c1-6-20(2)30-35(42)44-27(22(4)31-32(45-31)24-11-8-7-9-12-24)13-10-14-29(39)38-26(33(40)37-19-21(3)34(41)46-30)18-23-15-16-28(43-5)25(36)17-23/h7-12,14-17,20-22,26-27,30-32H,6,13,18-19H2,1-5H3,(H,37,40)(H,38,39)/t20-,21+,22-,26+,27?,30-,31?,32?/m0/s1. The number of nitrogens with one attached hydrogen (secondary N) is 2. The fraction of sp³-hybridized carbons (Fsp3) is 0.486. The van der Waals surface area contributed by atoms with E-state index in [0.717, 1.165) is 5.56 Å². The molecule has 1 saturated heterocycles. The summed E-state index contributed by atoms with van der Waals surface area (Å²) in [6, 6.07) is 13.9. The van der Waals surface area contributed by atoms with Crippen LogP contribution in [-0.4, -0.2) is 61.8 Å². The van der Waals surface area contributed by atoms with Gasteiger partial charge in [-0.15, -0.1) is 0 Å². The summed E-state index contributed by atoms with van der Waals surface area (Å²) in [6.45, 7) is 7.19. The van der Waals surface area contributed by atoms with Crippen molar-refractivity contribution >= 4 is 35.4 Å². The molecule has 0 saturated carbocycles. The van der Waals surface area contributed by atoms with Crippen LogP contribution in [0.3, 0.4) is 0 Å². The van der Waals surface area contributed by atoms with Crippen LogP contribution in [0.25, 0.3) is 0 Å². The smallest absolute Gasteiger partial charge is 0.348 e. The second-order valence-electron chi connectivity index (χ2n) is 12.0. The molecular weight excluding hydrogens is 612 g/mol. The van der Waals surface area contributed by atoms with Crippen molar-refractivity contribution < 1.29 is 38.1 Å². The van der Waals surface area contributed by atoms with Gasteiger partial charge in [0.15, 0.2) is 0 Å². The maximum absolute atomic E-state index is 13.5. The number of benzene rings is 2. The minimum absolute atomic E-state index is 0.0644. The molecule has 2 heterocycles. The van der Waals surface area contributed by atoms with Crippen molar-refractivity contribution in [2.45, 2.75) is 77.4 Å². The number of rotatable bonds is 8. The Morgan fingerprint density at radius 2 is 1.76 bits per heavy atom. The van der Waals surface area contributed by atoms with Crippen LogP contribution in [0.15, 0.2) is 60.7 Å². The van der Waals surface area contributed by atoms with Crippen molar-refractivity contribution in [3.8, 4) is 5.75 Å². The molecule has 0 radical (unpaired) electrons. The average Bonchev–Trinajstić information content (AvgIpc) is 3.85. The third-order valence-electron chi connectivity index (χ3n) is 8.57. The van der Waals surface area contributed by atoms with Gasteiger partial charge in [-0.2, -0.15) is 0 Å². The summed E-state index contributed by atoms with van der Waals surface area (Å²) in [5, 5.41) is 5.86. The van der Waals surface area contributed by atoms with Crippen LogP contribution in [0.2, 0.25) is 5.02 Å². The number of hydrogen-bond donors (Lipinski definition) is 2. The summed E-state index contributed by atoms with van der Waals surface area (Å²) >= 11 is 6.30. The molecule has 1 fully saturated rings. The monoisotopic (exact) mass is 654 g/mol. The first-order valence-corrected chi connectivity index (χ1v) is 16.1. The molecule has 11 heteroatoms. The SMILES string of the molecule is CC[C@H](C)[C@@H]1OC(=O)[C@H](C)CNC(=O)[C@@H](Cc2ccc(OC)c(Cl)c2)NC(=O)C=CCC([C@H](C)C2OC2c2ccccc2)OC1=O. The van der Waals surface area contributed by atoms with Gasteiger partial charge >= 0.3 is 11.9 Å². The highest BCUT2D eigenvalue weighted by atomic mass is 35.5. The predicted molar refractivity (Wildman–Crippen MR) is 172 cm³/mol. The summed E-state index contributed by atoms with van der Waals surface area (Å²) in [6.07, 6.45) is 1.69. The lowest BCUT2D eigenvalue weighted by Gasteiger charge is -2.28. The van der Waals surface area contributed by atoms with E-state index in [1.807, 2.05) is 51.1 Å². The molecule has 248 valence electrons. The number of hydrogen-bond acceptors (Lipinski definition) is 8. The van der Waals surface area contributed by atoms with E-state index in [1.165, 1.54) is 13.2 Å². The normalized spacial score (nSPS) is 27.4. The van der Waals surface area contributed by atoms with Crippen LogP contribution < -0.4 is 15.4 Å². The lowest BCUT2D eigenvalue weighted by Crippen LogP contribution is -2.49. The molecule has 4 rings (SSSR count). The molecule has 46 heavy (non-hydrogen) atoms. The zero-order valence-corrected chi connectivity index (χ0v) is 27.6. The Bertz CT molecular complexity index is 1420. The van der Waals surface area contributed by atoms with Crippen LogP contribution in [0.1, 0.15) is 57.8 Å². The zero-order valence-electron chi connectivity index (χ0n) is 26.9. The molecule has 0 spiro atoms. The molecule has 0 aliphatic carbocycles. The van der Waals surface area contributed by atoms with Gasteiger partial charge in [0.25, 0.3) is 0 Å². The van der Waals surface area contributed by atoms with Gasteiger partial charge in [0.1, 0.15) is 24.0 Å². The largest absolute Gasteiger partial charge is 0.495 e. The van der Waals surface area contributed by atoms with Crippen molar-refractivity contribution in [1.29, 1.82) is 0 Å². The molecule has 2 aromatic carbocycles. The van der Waals surface area contributed by atoms with Crippen molar-refractivity contribution in [1.82, 2.24) is 10.6 Å². The Hall–Kier alpha value is -3.89. The van der Waals surface area contributed by atoms with E-state index in [1.54, 1.807) is 31.2 Å². The van der Waals surface area contributed by atoms with Gasteiger partial charge < -0.3 is 29.6 Å². The molecule has 2 aromatic rings. The fourth-order valence-corrected chi connectivity index (χ4v) is 5.64. The zero-order chi connectivity index (χ0) is 33.4. The molecule has 2 N–H and O–H groups in total. The predicted octanol–water partition coefficient (Wildman–Crippen LogP) is 4.73. The second-order valence-corrected chi connectivity index (χ2v) is 12.4. The quantitative estimate of drug-likeness (QED) is 0.308. The Morgan fingerprint density at radius 1 is 1.02 bits per heavy atom. The first kappa shape index (κ1) is 35.0. The van der Waals surface area contributed by atoms with Crippen LogP contribution in [-0.2, 0) is 39.8 Å². The first-order valence-electron chi connectivity index (χ1n) is 15.7. The number of methoxy groups -OCH3 is 1. The van der Waals surface area contributed by atoms with Gasteiger partial charge in [-0.3, -0.25) is 14.4 Å². The molecule has 0 bridgehead atoms. The van der Waals surface area contributed by atoms with E-state index >= 15 is 0 Å². The summed E-state index contributed by atoms with van der Waals surface area (Å²) in [4.78, 5) is 53.1. The Labute approximate surface area is 275 Å². The molecule has 2 amide bonds.